The molecule has 3 fully saturated rings. The van der Waals surface area contributed by atoms with Crippen molar-refractivity contribution in [1.29, 1.82) is 0 Å². The molecule has 3 aliphatic rings. The van der Waals surface area contributed by atoms with Crippen molar-refractivity contribution in [2.75, 3.05) is 13.1 Å². The van der Waals surface area contributed by atoms with Gasteiger partial charge in [0.1, 0.15) is 0 Å². The molecule has 0 atom stereocenters. The molecule has 0 unspecified atom stereocenters. The van der Waals surface area contributed by atoms with Crippen LogP contribution in [0.25, 0.3) is 0 Å². The molecular weight excluding hydrogens is 290 g/mol. The van der Waals surface area contributed by atoms with Gasteiger partial charge in [0.25, 0.3) is 0 Å². The smallest absolute Gasteiger partial charge is 0.242 e. The number of hydrogen-bond donors (Lipinski definition) is 2. The number of hydrogen-bond acceptors (Lipinski definition) is 3. The average molecular weight is 316 g/mol. The van der Waals surface area contributed by atoms with Crippen LogP contribution < -0.4 is 11.1 Å². The number of rotatable bonds is 3. The lowest BCUT2D eigenvalue weighted by atomic mass is 9.95. The van der Waals surface area contributed by atoms with Crippen LogP contribution in [-0.4, -0.2) is 41.4 Å². The Kier molecular flexibility index (Phi) is 5.15. The molecule has 0 spiro atoms. The van der Waals surface area contributed by atoms with E-state index in [2.05, 4.69) is 5.32 Å². The molecule has 3 rings (SSSR count). The van der Waals surface area contributed by atoms with E-state index in [4.69, 9.17) is 5.73 Å². The van der Waals surface area contributed by atoms with Crippen molar-refractivity contribution in [1.82, 2.24) is 10.2 Å². The van der Waals surface area contributed by atoms with Gasteiger partial charge in [0.05, 0.1) is 5.54 Å². The lowest BCUT2D eigenvalue weighted by Crippen LogP contribution is -2.56. The van der Waals surface area contributed by atoms with Gasteiger partial charge in [0.15, 0.2) is 0 Å². The third kappa shape index (κ3) is 3.69. The monoisotopic (exact) mass is 315 g/mol. The SMILES string of the molecule is Cl.NC1(C(=O)N2CCC(NC(=O)C3CC3)CC2)CCCC1. The Balaban J connectivity index is 0.00000161. The zero-order valence-corrected chi connectivity index (χ0v) is 13.3. The van der Waals surface area contributed by atoms with E-state index >= 15 is 0 Å². The maximum atomic E-state index is 12.5. The molecule has 5 nitrogen and oxygen atoms in total. The summed E-state index contributed by atoms with van der Waals surface area (Å²) in [5, 5.41) is 3.11. The van der Waals surface area contributed by atoms with E-state index in [0.29, 0.717) is 0 Å². The maximum Gasteiger partial charge on any atom is 0.242 e. The van der Waals surface area contributed by atoms with E-state index in [0.717, 1.165) is 64.5 Å². The number of carbonyl (C=O) groups excluding carboxylic acids is 2. The molecule has 1 aliphatic heterocycles. The third-order valence-corrected chi connectivity index (χ3v) is 5.00. The van der Waals surface area contributed by atoms with Crippen LogP contribution in [-0.2, 0) is 9.59 Å². The summed E-state index contributed by atoms with van der Waals surface area (Å²) in [4.78, 5) is 26.1. The fourth-order valence-corrected chi connectivity index (χ4v) is 3.43. The number of likely N-dealkylation sites (tertiary alicyclic amines) is 1. The fraction of sp³-hybridized carbons (Fsp3) is 0.867. The summed E-state index contributed by atoms with van der Waals surface area (Å²) < 4.78 is 0. The number of piperidine rings is 1. The number of nitrogens with two attached hydrogens (primary N) is 1. The van der Waals surface area contributed by atoms with Crippen LogP contribution in [0.2, 0.25) is 0 Å². The lowest BCUT2D eigenvalue weighted by Gasteiger charge is -2.37. The average Bonchev–Trinajstić information content (AvgIpc) is 3.21. The quantitative estimate of drug-likeness (QED) is 0.821. The second-order valence-corrected chi connectivity index (χ2v) is 6.71. The van der Waals surface area contributed by atoms with Crippen LogP contribution in [0.3, 0.4) is 0 Å². The summed E-state index contributed by atoms with van der Waals surface area (Å²) in [6, 6.07) is 0.240. The highest BCUT2D eigenvalue weighted by atomic mass is 35.5. The van der Waals surface area contributed by atoms with Crippen LogP contribution >= 0.6 is 12.4 Å². The summed E-state index contributed by atoms with van der Waals surface area (Å²) in [7, 11) is 0. The van der Waals surface area contributed by atoms with E-state index in [1.54, 1.807) is 0 Å². The topological polar surface area (TPSA) is 75.4 Å². The van der Waals surface area contributed by atoms with Crippen molar-refractivity contribution in [2.45, 2.75) is 62.9 Å². The first-order chi connectivity index (χ1) is 9.58. The first-order valence-corrected chi connectivity index (χ1v) is 7.97. The van der Waals surface area contributed by atoms with Crippen molar-refractivity contribution >= 4 is 24.2 Å². The molecule has 1 saturated heterocycles. The molecule has 2 saturated carbocycles. The Bertz CT molecular complexity index is 398. The molecule has 120 valence electrons. The van der Waals surface area contributed by atoms with Crippen LogP contribution in [0.4, 0.5) is 0 Å². The molecule has 0 aromatic rings. The largest absolute Gasteiger partial charge is 0.353 e. The standard InChI is InChI=1S/C15H25N3O2.ClH/c16-15(7-1-2-8-15)14(20)18-9-5-12(6-10-18)17-13(19)11-3-4-11;/h11-12H,1-10,16H2,(H,17,19);1H. The molecule has 0 radical (unpaired) electrons. The van der Waals surface area contributed by atoms with E-state index in [-0.39, 0.29) is 36.2 Å². The molecule has 2 amide bonds. The number of amides is 2. The minimum atomic E-state index is -0.607. The zero-order valence-electron chi connectivity index (χ0n) is 12.5. The van der Waals surface area contributed by atoms with Gasteiger partial charge in [-0.3, -0.25) is 9.59 Å². The lowest BCUT2D eigenvalue weighted by molar-refractivity contribution is -0.138. The molecule has 21 heavy (non-hydrogen) atoms. The van der Waals surface area contributed by atoms with Crippen molar-refractivity contribution < 1.29 is 9.59 Å². The van der Waals surface area contributed by atoms with E-state index in [9.17, 15) is 9.59 Å². The van der Waals surface area contributed by atoms with E-state index < -0.39 is 5.54 Å². The van der Waals surface area contributed by atoms with Crippen LogP contribution in [0.15, 0.2) is 0 Å². The zero-order chi connectivity index (χ0) is 14.2. The van der Waals surface area contributed by atoms with Gasteiger partial charge < -0.3 is 16.0 Å². The van der Waals surface area contributed by atoms with Gasteiger partial charge in [0, 0.05) is 25.0 Å². The Morgan fingerprint density at radius 1 is 1.05 bits per heavy atom. The van der Waals surface area contributed by atoms with E-state index in [1.165, 1.54) is 0 Å². The van der Waals surface area contributed by atoms with Gasteiger partial charge in [0.2, 0.25) is 11.8 Å². The maximum absolute atomic E-state index is 12.5. The molecule has 3 N–H and O–H groups in total. The third-order valence-electron chi connectivity index (χ3n) is 5.00. The minimum Gasteiger partial charge on any atom is -0.353 e. The summed E-state index contributed by atoms with van der Waals surface area (Å²) in [5.41, 5.74) is 5.63. The highest BCUT2D eigenvalue weighted by Gasteiger charge is 2.41. The second-order valence-electron chi connectivity index (χ2n) is 6.71. The second kappa shape index (κ2) is 6.53. The minimum absolute atomic E-state index is 0. The van der Waals surface area contributed by atoms with Crippen LogP contribution in [0.5, 0.6) is 0 Å². The van der Waals surface area contributed by atoms with Crippen molar-refractivity contribution in [3.05, 3.63) is 0 Å². The summed E-state index contributed by atoms with van der Waals surface area (Å²) >= 11 is 0. The molecule has 2 aliphatic carbocycles. The van der Waals surface area contributed by atoms with Crippen LogP contribution in [0, 0.1) is 5.92 Å². The Labute approximate surface area is 132 Å². The van der Waals surface area contributed by atoms with Crippen LogP contribution in [0.1, 0.15) is 51.4 Å². The van der Waals surface area contributed by atoms with Gasteiger partial charge in [-0.1, -0.05) is 12.8 Å². The van der Waals surface area contributed by atoms with Gasteiger partial charge in [-0.2, -0.15) is 0 Å². The predicted octanol–water partition coefficient (Wildman–Crippen LogP) is 1.20. The summed E-state index contributed by atoms with van der Waals surface area (Å²) in [6.45, 7) is 1.46. The number of nitrogens with one attached hydrogen (secondary N) is 1. The molecule has 0 aromatic carbocycles. The molecular formula is C15H26ClN3O2. The highest BCUT2D eigenvalue weighted by molar-refractivity contribution is 5.86. The van der Waals surface area contributed by atoms with Crippen molar-refractivity contribution in [2.24, 2.45) is 11.7 Å². The van der Waals surface area contributed by atoms with Crippen molar-refractivity contribution in [3.63, 3.8) is 0 Å². The van der Waals surface area contributed by atoms with Gasteiger partial charge in [-0.15, -0.1) is 12.4 Å². The number of carbonyl (C=O) groups is 2. The van der Waals surface area contributed by atoms with Crippen molar-refractivity contribution in [3.8, 4) is 0 Å². The number of nitrogens with zero attached hydrogens (tertiary/aromatic N) is 1. The Hall–Kier alpha value is -0.810. The molecule has 0 bridgehead atoms. The Morgan fingerprint density at radius 3 is 2.14 bits per heavy atom. The first-order valence-electron chi connectivity index (χ1n) is 7.97. The molecule has 6 heteroatoms. The fourth-order valence-electron chi connectivity index (χ4n) is 3.43. The van der Waals surface area contributed by atoms with E-state index in [1.807, 2.05) is 4.90 Å². The summed E-state index contributed by atoms with van der Waals surface area (Å²) in [5.74, 6) is 0.600. The van der Waals surface area contributed by atoms with Gasteiger partial charge in [-0.05, 0) is 38.5 Å². The van der Waals surface area contributed by atoms with Gasteiger partial charge >= 0.3 is 0 Å². The summed E-state index contributed by atoms with van der Waals surface area (Å²) in [6.07, 6.45) is 7.58. The Morgan fingerprint density at radius 2 is 1.62 bits per heavy atom. The van der Waals surface area contributed by atoms with Gasteiger partial charge in [-0.25, -0.2) is 0 Å². The number of halogens is 1. The normalized spacial score (nSPS) is 25.3. The highest BCUT2D eigenvalue weighted by Crippen LogP contribution is 2.31. The molecule has 1 heterocycles. The first kappa shape index (κ1) is 16.6. The predicted molar refractivity (Wildman–Crippen MR) is 83.1 cm³/mol. The molecule has 0 aromatic heterocycles.